The van der Waals surface area contributed by atoms with Gasteiger partial charge in [-0.2, -0.15) is 0 Å². The molecule has 3 rings (SSSR count). The second-order valence-corrected chi connectivity index (χ2v) is 8.16. The van der Waals surface area contributed by atoms with Crippen LogP contribution in [0.25, 0.3) is 0 Å². The number of phenols is 1. The fourth-order valence-corrected chi connectivity index (χ4v) is 3.65. The smallest absolute Gasteiger partial charge is 0.339 e. The lowest BCUT2D eigenvalue weighted by atomic mass is 10.1. The Hall–Kier alpha value is -3.91. The summed E-state index contributed by atoms with van der Waals surface area (Å²) in [6.45, 7) is 3.63. The van der Waals surface area contributed by atoms with E-state index in [9.17, 15) is 15.0 Å². The lowest BCUT2D eigenvalue weighted by Crippen LogP contribution is -2.24. The molecule has 2 N–H and O–H groups in total. The monoisotopic (exact) mass is 457 g/mol. The van der Waals surface area contributed by atoms with Crippen LogP contribution in [0, 0.1) is 11.8 Å². The van der Waals surface area contributed by atoms with Gasteiger partial charge in [0.15, 0.2) is 0 Å². The fourth-order valence-electron chi connectivity index (χ4n) is 3.65. The molecule has 176 valence electrons. The number of anilines is 1. The van der Waals surface area contributed by atoms with Crippen molar-refractivity contribution in [2.75, 3.05) is 18.6 Å². The van der Waals surface area contributed by atoms with Crippen LogP contribution < -0.4 is 9.64 Å². The zero-order valence-electron chi connectivity index (χ0n) is 19.8. The van der Waals surface area contributed by atoms with Gasteiger partial charge in [-0.3, -0.25) is 0 Å². The molecule has 0 atom stereocenters. The summed E-state index contributed by atoms with van der Waals surface area (Å²) in [7, 11) is 1.64. The SMILES string of the molecule is CCCCCCN(Cc1ccc(C#Cc2ccc(OC)cc2)cc1)c1ccc(O)c(C(=O)O)c1. The second-order valence-electron chi connectivity index (χ2n) is 8.16. The Morgan fingerprint density at radius 1 is 0.912 bits per heavy atom. The van der Waals surface area contributed by atoms with Gasteiger partial charge in [-0.05, 0) is 66.6 Å². The summed E-state index contributed by atoms with van der Waals surface area (Å²) >= 11 is 0. The molecule has 0 saturated heterocycles. The van der Waals surface area contributed by atoms with Crippen molar-refractivity contribution < 1.29 is 19.7 Å². The minimum Gasteiger partial charge on any atom is -0.507 e. The van der Waals surface area contributed by atoms with Crippen LogP contribution in [0.5, 0.6) is 11.5 Å². The molecule has 0 aliphatic heterocycles. The Bertz CT molecular complexity index is 1140. The van der Waals surface area contributed by atoms with Crippen molar-refractivity contribution in [3.05, 3.63) is 89.0 Å². The maximum Gasteiger partial charge on any atom is 0.339 e. The maximum atomic E-state index is 11.5. The molecule has 5 nitrogen and oxygen atoms in total. The number of methoxy groups -OCH3 is 1. The van der Waals surface area contributed by atoms with Crippen LogP contribution in [0.2, 0.25) is 0 Å². The van der Waals surface area contributed by atoms with Gasteiger partial charge in [0.2, 0.25) is 0 Å². The largest absolute Gasteiger partial charge is 0.507 e. The van der Waals surface area contributed by atoms with Crippen molar-refractivity contribution in [3.63, 3.8) is 0 Å². The van der Waals surface area contributed by atoms with Gasteiger partial charge in [-0.15, -0.1) is 0 Å². The Balaban J connectivity index is 1.75. The minimum atomic E-state index is -1.13. The molecule has 0 amide bonds. The third-order valence-electron chi connectivity index (χ3n) is 5.63. The van der Waals surface area contributed by atoms with Gasteiger partial charge in [0.1, 0.15) is 17.1 Å². The zero-order valence-corrected chi connectivity index (χ0v) is 19.8. The van der Waals surface area contributed by atoms with Gasteiger partial charge in [-0.1, -0.05) is 50.2 Å². The molecule has 0 spiro atoms. The molecule has 0 bridgehead atoms. The lowest BCUT2D eigenvalue weighted by Gasteiger charge is -2.25. The van der Waals surface area contributed by atoms with Crippen molar-refractivity contribution in [1.82, 2.24) is 0 Å². The number of aromatic carboxylic acids is 1. The second kappa shape index (κ2) is 12.4. The summed E-state index contributed by atoms with van der Waals surface area (Å²) in [5, 5.41) is 19.3. The average Bonchev–Trinajstić information content (AvgIpc) is 2.86. The van der Waals surface area contributed by atoms with E-state index in [2.05, 4.69) is 35.8 Å². The average molecular weight is 458 g/mol. The predicted molar refractivity (Wildman–Crippen MR) is 136 cm³/mol. The molecule has 5 heteroatoms. The quantitative estimate of drug-likeness (QED) is 0.285. The van der Waals surface area contributed by atoms with Gasteiger partial charge in [0, 0.05) is 29.9 Å². The molecule has 0 fully saturated rings. The highest BCUT2D eigenvalue weighted by atomic mass is 16.5. The maximum absolute atomic E-state index is 11.5. The highest BCUT2D eigenvalue weighted by molar-refractivity contribution is 5.92. The van der Waals surface area contributed by atoms with Gasteiger partial charge in [-0.25, -0.2) is 4.79 Å². The van der Waals surface area contributed by atoms with E-state index < -0.39 is 5.97 Å². The van der Waals surface area contributed by atoms with E-state index in [1.165, 1.54) is 12.5 Å². The molecule has 0 saturated carbocycles. The first-order valence-corrected chi connectivity index (χ1v) is 11.6. The lowest BCUT2D eigenvalue weighted by molar-refractivity contribution is 0.0693. The van der Waals surface area contributed by atoms with Crippen LogP contribution in [0.3, 0.4) is 0 Å². The Morgan fingerprint density at radius 3 is 2.15 bits per heavy atom. The summed E-state index contributed by atoms with van der Waals surface area (Å²) in [5.41, 5.74) is 3.65. The zero-order chi connectivity index (χ0) is 24.3. The molecule has 0 radical (unpaired) electrons. The van der Waals surface area contributed by atoms with Crippen molar-refractivity contribution in [2.24, 2.45) is 0 Å². The fraction of sp³-hybridized carbons (Fsp3) is 0.276. The number of rotatable bonds is 10. The first-order chi connectivity index (χ1) is 16.5. The van der Waals surface area contributed by atoms with Gasteiger partial charge in [0.05, 0.1) is 7.11 Å². The Kier molecular flexibility index (Phi) is 8.99. The van der Waals surface area contributed by atoms with E-state index in [0.29, 0.717) is 6.54 Å². The number of nitrogens with zero attached hydrogens (tertiary/aromatic N) is 1. The number of carbonyl (C=O) groups is 1. The third-order valence-corrected chi connectivity index (χ3v) is 5.63. The topological polar surface area (TPSA) is 70.0 Å². The minimum absolute atomic E-state index is 0.0831. The Morgan fingerprint density at radius 2 is 1.56 bits per heavy atom. The van der Waals surface area contributed by atoms with Crippen LogP contribution in [-0.2, 0) is 6.54 Å². The summed E-state index contributed by atoms with van der Waals surface area (Å²) in [6.07, 6.45) is 4.46. The van der Waals surface area contributed by atoms with Crippen molar-refractivity contribution in [1.29, 1.82) is 0 Å². The molecule has 3 aromatic carbocycles. The predicted octanol–water partition coefficient (Wildman–Crippen LogP) is 6.09. The van der Waals surface area contributed by atoms with E-state index in [0.717, 1.165) is 53.9 Å². The van der Waals surface area contributed by atoms with Crippen LogP contribution in [0.15, 0.2) is 66.7 Å². The standard InChI is InChI=1S/C29H31NO4/c1-3-4-5-6-19-30(25-15-18-28(31)27(20-25)29(32)33)21-24-11-9-22(10-12-24)7-8-23-13-16-26(34-2)17-14-23/h9-18,20,31H,3-6,19,21H2,1-2H3,(H,32,33). The molecule has 0 aromatic heterocycles. The summed E-state index contributed by atoms with van der Waals surface area (Å²) in [5.74, 6) is 5.80. The first kappa shape index (κ1) is 24.7. The number of carboxylic acid groups (broad SMARTS) is 1. The van der Waals surface area contributed by atoms with Crippen LogP contribution >= 0.6 is 0 Å². The number of carboxylic acids is 1. The molecule has 0 aliphatic rings. The number of hydrogen-bond acceptors (Lipinski definition) is 4. The van der Waals surface area contributed by atoms with Crippen LogP contribution in [0.1, 0.15) is 59.7 Å². The number of ether oxygens (including phenoxy) is 1. The van der Waals surface area contributed by atoms with Gasteiger partial charge in [0.25, 0.3) is 0 Å². The van der Waals surface area contributed by atoms with Gasteiger partial charge < -0.3 is 19.8 Å². The third kappa shape index (κ3) is 7.05. The van der Waals surface area contributed by atoms with E-state index >= 15 is 0 Å². The Labute approximate surface area is 201 Å². The van der Waals surface area contributed by atoms with Crippen molar-refractivity contribution >= 4 is 11.7 Å². The van der Waals surface area contributed by atoms with E-state index in [1.54, 1.807) is 19.2 Å². The summed E-state index contributed by atoms with van der Waals surface area (Å²) < 4.78 is 5.18. The number of unbranched alkanes of at least 4 members (excludes halogenated alkanes) is 3. The summed E-state index contributed by atoms with van der Waals surface area (Å²) in [4.78, 5) is 13.7. The molecular weight excluding hydrogens is 426 g/mol. The molecule has 0 aliphatic carbocycles. The van der Waals surface area contributed by atoms with Crippen molar-refractivity contribution in [2.45, 2.75) is 39.2 Å². The highest BCUT2D eigenvalue weighted by Gasteiger charge is 2.14. The highest BCUT2D eigenvalue weighted by Crippen LogP contribution is 2.26. The molecule has 0 unspecified atom stereocenters. The van der Waals surface area contributed by atoms with Gasteiger partial charge >= 0.3 is 5.97 Å². The number of aromatic hydroxyl groups is 1. The molecule has 0 heterocycles. The van der Waals surface area contributed by atoms with E-state index in [4.69, 9.17) is 4.74 Å². The molecular formula is C29H31NO4. The van der Waals surface area contributed by atoms with E-state index in [-0.39, 0.29) is 11.3 Å². The van der Waals surface area contributed by atoms with Crippen molar-refractivity contribution in [3.8, 4) is 23.3 Å². The normalized spacial score (nSPS) is 10.3. The molecule has 34 heavy (non-hydrogen) atoms. The first-order valence-electron chi connectivity index (χ1n) is 11.6. The van der Waals surface area contributed by atoms with Crippen LogP contribution in [-0.4, -0.2) is 29.8 Å². The van der Waals surface area contributed by atoms with E-state index in [1.807, 2.05) is 36.4 Å². The van der Waals surface area contributed by atoms with Crippen LogP contribution in [0.4, 0.5) is 5.69 Å². The summed E-state index contributed by atoms with van der Waals surface area (Å²) in [6, 6.07) is 20.5. The number of hydrogen-bond donors (Lipinski definition) is 2. The number of benzene rings is 3. The molecule has 3 aromatic rings.